The van der Waals surface area contributed by atoms with Crippen LogP contribution in [0.15, 0.2) is 24.3 Å². The molecule has 0 saturated carbocycles. The van der Waals surface area contributed by atoms with E-state index in [9.17, 15) is 5.11 Å². The van der Waals surface area contributed by atoms with Crippen molar-refractivity contribution < 1.29 is 9.84 Å². The topological polar surface area (TPSA) is 58.7 Å². The number of likely N-dealkylation sites (tertiary alicyclic amines) is 1. The molecule has 4 nitrogen and oxygen atoms in total. The molecule has 1 aliphatic heterocycles. The van der Waals surface area contributed by atoms with Gasteiger partial charge >= 0.3 is 0 Å². The highest BCUT2D eigenvalue weighted by molar-refractivity contribution is 5.28. The van der Waals surface area contributed by atoms with Crippen LogP contribution in [0.1, 0.15) is 31.4 Å². The third kappa shape index (κ3) is 3.26. The largest absolute Gasteiger partial charge is 0.508 e. The van der Waals surface area contributed by atoms with Crippen molar-refractivity contribution in [3.05, 3.63) is 29.8 Å². The van der Waals surface area contributed by atoms with E-state index in [1.54, 1.807) is 19.2 Å². The van der Waals surface area contributed by atoms with Gasteiger partial charge in [-0.05, 0) is 37.5 Å². The Morgan fingerprint density at radius 2 is 2.11 bits per heavy atom. The number of piperidine rings is 1. The summed E-state index contributed by atoms with van der Waals surface area (Å²) >= 11 is 0. The van der Waals surface area contributed by atoms with Crippen molar-refractivity contribution in [2.75, 3.05) is 20.2 Å². The van der Waals surface area contributed by atoms with E-state index in [0.29, 0.717) is 30.5 Å². The molecule has 19 heavy (non-hydrogen) atoms. The minimum absolute atomic E-state index is 0.310. The molecule has 1 aromatic carbocycles. The molecule has 0 bridgehead atoms. The zero-order chi connectivity index (χ0) is 13.8. The van der Waals surface area contributed by atoms with Crippen LogP contribution in [0.5, 0.6) is 5.75 Å². The van der Waals surface area contributed by atoms with Crippen LogP contribution in [-0.2, 0) is 4.74 Å². The number of hydrogen-bond acceptors (Lipinski definition) is 4. The minimum Gasteiger partial charge on any atom is -0.508 e. The molecule has 2 rings (SSSR count). The van der Waals surface area contributed by atoms with Gasteiger partial charge in [0.05, 0.1) is 6.10 Å². The number of aromatic hydroxyl groups is 1. The number of rotatable bonds is 4. The summed E-state index contributed by atoms with van der Waals surface area (Å²) in [7, 11) is 1.78. The number of ether oxygens (including phenoxy) is 1. The molecule has 0 aromatic heterocycles. The van der Waals surface area contributed by atoms with Gasteiger partial charge in [-0.25, -0.2) is 0 Å². The lowest BCUT2D eigenvalue weighted by Crippen LogP contribution is -2.49. The Labute approximate surface area is 115 Å². The lowest BCUT2D eigenvalue weighted by atomic mass is 9.95. The van der Waals surface area contributed by atoms with Crippen LogP contribution in [0.4, 0.5) is 0 Å². The van der Waals surface area contributed by atoms with E-state index in [1.165, 1.54) is 5.56 Å². The molecule has 0 radical (unpaired) electrons. The fourth-order valence-corrected chi connectivity index (χ4v) is 2.93. The maximum atomic E-state index is 9.36. The Hall–Kier alpha value is -1.10. The quantitative estimate of drug-likeness (QED) is 0.872. The Bertz CT molecular complexity index is 394. The highest BCUT2D eigenvalue weighted by Crippen LogP contribution is 2.29. The Morgan fingerprint density at radius 3 is 2.68 bits per heavy atom. The van der Waals surface area contributed by atoms with E-state index in [0.717, 1.165) is 19.4 Å². The molecule has 0 spiro atoms. The Kier molecular flexibility index (Phi) is 4.80. The summed E-state index contributed by atoms with van der Waals surface area (Å²) in [5, 5.41) is 9.36. The van der Waals surface area contributed by atoms with Gasteiger partial charge in [0.25, 0.3) is 0 Å². The smallest absolute Gasteiger partial charge is 0.115 e. The van der Waals surface area contributed by atoms with Gasteiger partial charge in [-0.15, -0.1) is 0 Å². The molecule has 3 N–H and O–H groups in total. The maximum Gasteiger partial charge on any atom is 0.115 e. The van der Waals surface area contributed by atoms with Crippen molar-refractivity contribution in [1.82, 2.24) is 4.90 Å². The molecular weight excluding hydrogens is 240 g/mol. The van der Waals surface area contributed by atoms with Crippen LogP contribution in [0.3, 0.4) is 0 Å². The third-order valence-corrected chi connectivity index (χ3v) is 4.19. The predicted molar refractivity (Wildman–Crippen MR) is 76.1 cm³/mol. The van der Waals surface area contributed by atoms with Crippen molar-refractivity contribution in [2.24, 2.45) is 5.73 Å². The average molecular weight is 264 g/mol. The first-order valence-corrected chi connectivity index (χ1v) is 6.93. The van der Waals surface area contributed by atoms with Crippen molar-refractivity contribution >= 4 is 0 Å². The average Bonchev–Trinajstić information content (AvgIpc) is 2.46. The molecule has 3 unspecified atom stereocenters. The van der Waals surface area contributed by atoms with E-state index >= 15 is 0 Å². The molecule has 1 saturated heterocycles. The maximum absolute atomic E-state index is 9.36. The van der Waals surface area contributed by atoms with Crippen molar-refractivity contribution in [2.45, 2.75) is 38.0 Å². The second-order valence-electron chi connectivity index (χ2n) is 5.28. The van der Waals surface area contributed by atoms with Gasteiger partial charge < -0.3 is 15.6 Å². The lowest BCUT2D eigenvalue weighted by molar-refractivity contribution is -0.00164. The number of phenols is 1. The van der Waals surface area contributed by atoms with Crippen LogP contribution in [0, 0.1) is 0 Å². The molecule has 1 aromatic rings. The Morgan fingerprint density at radius 1 is 1.42 bits per heavy atom. The molecule has 1 heterocycles. The summed E-state index contributed by atoms with van der Waals surface area (Å²) in [5.41, 5.74) is 7.13. The lowest BCUT2D eigenvalue weighted by Gasteiger charge is -2.42. The molecular formula is C15H24N2O2. The van der Waals surface area contributed by atoms with Gasteiger partial charge in [-0.1, -0.05) is 12.1 Å². The van der Waals surface area contributed by atoms with E-state index < -0.39 is 0 Å². The van der Waals surface area contributed by atoms with Gasteiger partial charge in [0.15, 0.2) is 0 Å². The summed E-state index contributed by atoms with van der Waals surface area (Å²) < 4.78 is 5.46. The fraction of sp³-hybridized carbons (Fsp3) is 0.600. The number of benzene rings is 1. The predicted octanol–water partition coefficient (Wildman–Crippen LogP) is 1.89. The highest BCUT2D eigenvalue weighted by Gasteiger charge is 2.30. The van der Waals surface area contributed by atoms with Crippen LogP contribution < -0.4 is 5.73 Å². The summed E-state index contributed by atoms with van der Waals surface area (Å²) in [4.78, 5) is 2.45. The van der Waals surface area contributed by atoms with Crippen LogP contribution in [-0.4, -0.2) is 42.4 Å². The summed E-state index contributed by atoms with van der Waals surface area (Å²) in [6.07, 6.45) is 2.38. The summed E-state index contributed by atoms with van der Waals surface area (Å²) in [6.45, 7) is 3.85. The first-order valence-electron chi connectivity index (χ1n) is 6.93. The number of methoxy groups -OCH3 is 1. The monoisotopic (exact) mass is 264 g/mol. The standard InChI is InChI=1S/C15H24N2O2/c1-11(12-3-5-14(18)6-4-12)17-8-7-15(19-2)9-13(17)10-16/h3-6,11,13,15,18H,7-10,16H2,1-2H3. The number of phenolic OH excluding ortho intramolecular Hbond substituents is 1. The first kappa shape index (κ1) is 14.3. The van der Waals surface area contributed by atoms with Crippen molar-refractivity contribution in [3.8, 4) is 5.75 Å². The molecule has 3 atom stereocenters. The normalized spacial score (nSPS) is 26.3. The van der Waals surface area contributed by atoms with Gasteiger partial charge in [-0.3, -0.25) is 4.90 Å². The summed E-state index contributed by atoms with van der Waals surface area (Å²) in [5.74, 6) is 0.310. The SMILES string of the molecule is COC1CCN(C(C)c2ccc(O)cc2)C(CN)C1. The zero-order valence-corrected chi connectivity index (χ0v) is 11.7. The molecule has 1 fully saturated rings. The van der Waals surface area contributed by atoms with Gasteiger partial charge in [0, 0.05) is 32.3 Å². The van der Waals surface area contributed by atoms with E-state index in [2.05, 4.69) is 11.8 Å². The van der Waals surface area contributed by atoms with Crippen molar-refractivity contribution in [3.63, 3.8) is 0 Å². The second kappa shape index (κ2) is 6.37. The minimum atomic E-state index is 0.310. The number of nitrogens with two attached hydrogens (primary N) is 1. The second-order valence-corrected chi connectivity index (χ2v) is 5.28. The molecule has 0 amide bonds. The zero-order valence-electron chi connectivity index (χ0n) is 11.7. The van der Waals surface area contributed by atoms with E-state index in [1.807, 2.05) is 12.1 Å². The van der Waals surface area contributed by atoms with Crippen LogP contribution in [0.25, 0.3) is 0 Å². The molecule has 1 aliphatic rings. The molecule has 0 aliphatic carbocycles. The molecule has 106 valence electrons. The van der Waals surface area contributed by atoms with Gasteiger partial charge in [0.1, 0.15) is 5.75 Å². The van der Waals surface area contributed by atoms with Crippen LogP contribution >= 0.6 is 0 Å². The van der Waals surface area contributed by atoms with Gasteiger partial charge in [-0.2, -0.15) is 0 Å². The highest BCUT2D eigenvalue weighted by atomic mass is 16.5. The fourth-order valence-electron chi connectivity index (χ4n) is 2.93. The summed E-state index contributed by atoms with van der Waals surface area (Å²) in [6, 6.07) is 8.12. The van der Waals surface area contributed by atoms with Crippen LogP contribution in [0.2, 0.25) is 0 Å². The van der Waals surface area contributed by atoms with E-state index in [-0.39, 0.29) is 0 Å². The molecule has 4 heteroatoms. The van der Waals surface area contributed by atoms with E-state index in [4.69, 9.17) is 10.5 Å². The third-order valence-electron chi connectivity index (χ3n) is 4.19. The van der Waals surface area contributed by atoms with Crippen molar-refractivity contribution in [1.29, 1.82) is 0 Å². The number of nitrogens with zero attached hydrogens (tertiary/aromatic N) is 1. The van der Waals surface area contributed by atoms with Gasteiger partial charge in [0.2, 0.25) is 0 Å². The Balaban J connectivity index is 2.09. The number of hydrogen-bond donors (Lipinski definition) is 2. The first-order chi connectivity index (χ1) is 9.15.